The van der Waals surface area contributed by atoms with Gasteiger partial charge in [-0.3, -0.25) is 0 Å². The van der Waals surface area contributed by atoms with Crippen LogP contribution in [0.3, 0.4) is 0 Å². The van der Waals surface area contributed by atoms with E-state index in [-0.39, 0.29) is 51.4 Å². The van der Waals surface area contributed by atoms with Crippen LogP contribution in [0.5, 0.6) is 5.75 Å². The molecule has 1 aromatic rings. The SMILES string of the molecule is O=C([O-])COc1ccccc1Cl.[K+]. The number of halogens is 1. The fourth-order valence-electron chi connectivity index (χ4n) is 0.698. The van der Waals surface area contributed by atoms with Crippen LogP contribution < -0.4 is 61.2 Å². The molecule has 1 aromatic carbocycles. The zero-order chi connectivity index (χ0) is 8.97. The molecule has 0 aliphatic heterocycles. The second-order valence-corrected chi connectivity index (χ2v) is 2.50. The van der Waals surface area contributed by atoms with Crippen LogP contribution in [-0.4, -0.2) is 12.6 Å². The summed E-state index contributed by atoms with van der Waals surface area (Å²) in [6.45, 7) is -0.482. The van der Waals surface area contributed by atoms with Crippen molar-refractivity contribution < 1.29 is 66.0 Å². The van der Waals surface area contributed by atoms with Crippen molar-refractivity contribution >= 4 is 17.6 Å². The Morgan fingerprint density at radius 2 is 2.08 bits per heavy atom. The van der Waals surface area contributed by atoms with E-state index in [0.29, 0.717) is 10.8 Å². The molecule has 0 fully saturated rings. The van der Waals surface area contributed by atoms with E-state index < -0.39 is 12.6 Å². The number of carboxylic acid groups (broad SMARTS) is 1. The largest absolute Gasteiger partial charge is 1.00 e. The Labute approximate surface area is 123 Å². The van der Waals surface area contributed by atoms with Crippen LogP contribution in [0.1, 0.15) is 0 Å². The third kappa shape index (κ3) is 5.00. The minimum Gasteiger partial charge on any atom is -0.546 e. The topological polar surface area (TPSA) is 49.4 Å². The predicted molar refractivity (Wildman–Crippen MR) is 42.0 cm³/mol. The zero-order valence-corrected chi connectivity index (χ0v) is 11.0. The summed E-state index contributed by atoms with van der Waals surface area (Å²) in [5.74, 6) is -0.918. The fraction of sp³-hybridized carbons (Fsp3) is 0.125. The maximum Gasteiger partial charge on any atom is 1.00 e. The van der Waals surface area contributed by atoms with Crippen LogP contribution in [0.25, 0.3) is 0 Å². The molecule has 0 amide bonds. The molecule has 0 heterocycles. The van der Waals surface area contributed by atoms with Gasteiger partial charge in [0.25, 0.3) is 0 Å². The van der Waals surface area contributed by atoms with Crippen LogP contribution in [0.15, 0.2) is 24.3 Å². The summed E-state index contributed by atoms with van der Waals surface area (Å²) in [6.07, 6.45) is 0. The van der Waals surface area contributed by atoms with Crippen molar-refractivity contribution in [1.82, 2.24) is 0 Å². The maximum absolute atomic E-state index is 10.0. The maximum atomic E-state index is 10.0. The normalized spacial score (nSPS) is 8.69. The van der Waals surface area contributed by atoms with Crippen molar-refractivity contribution in [2.45, 2.75) is 0 Å². The molecule has 0 saturated heterocycles. The molecule has 0 atom stereocenters. The molecule has 3 nitrogen and oxygen atoms in total. The summed E-state index contributed by atoms with van der Waals surface area (Å²) in [5, 5.41) is 10.4. The number of carboxylic acids is 1. The number of ether oxygens (including phenoxy) is 1. The van der Waals surface area contributed by atoms with Crippen molar-refractivity contribution in [3.8, 4) is 5.75 Å². The minimum absolute atomic E-state index is 0. The van der Waals surface area contributed by atoms with Crippen LogP contribution in [-0.2, 0) is 4.79 Å². The minimum atomic E-state index is -1.27. The molecule has 0 radical (unpaired) electrons. The van der Waals surface area contributed by atoms with E-state index >= 15 is 0 Å². The summed E-state index contributed by atoms with van der Waals surface area (Å²) in [7, 11) is 0. The van der Waals surface area contributed by atoms with Crippen molar-refractivity contribution in [2.75, 3.05) is 6.61 Å². The number of aliphatic carboxylic acids is 1. The molecular formula is C8H6ClKO3. The van der Waals surface area contributed by atoms with E-state index in [9.17, 15) is 9.90 Å². The quantitative estimate of drug-likeness (QED) is 0.533. The first-order chi connectivity index (χ1) is 5.70. The van der Waals surface area contributed by atoms with E-state index in [1.54, 1.807) is 24.3 Å². The molecule has 0 spiro atoms. The van der Waals surface area contributed by atoms with Gasteiger partial charge in [0.2, 0.25) is 0 Å². The Balaban J connectivity index is 0.00000144. The van der Waals surface area contributed by atoms with E-state index in [0.717, 1.165) is 0 Å². The third-order valence-corrected chi connectivity index (χ3v) is 1.49. The Kier molecular flexibility index (Phi) is 7.03. The van der Waals surface area contributed by atoms with Gasteiger partial charge in [0.15, 0.2) is 0 Å². The Hall–Kier alpha value is 0.416. The first kappa shape index (κ1) is 13.4. The number of hydrogen-bond donors (Lipinski definition) is 0. The molecule has 64 valence electrons. The van der Waals surface area contributed by atoms with Gasteiger partial charge in [0.1, 0.15) is 12.4 Å². The summed E-state index contributed by atoms with van der Waals surface area (Å²) < 4.78 is 4.80. The molecule has 0 aliphatic rings. The number of hydrogen-bond acceptors (Lipinski definition) is 3. The molecule has 0 saturated carbocycles. The van der Waals surface area contributed by atoms with Crippen molar-refractivity contribution in [3.63, 3.8) is 0 Å². The van der Waals surface area contributed by atoms with Crippen LogP contribution in [0.2, 0.25) is 5.02 Å². The first-order valence-corrected chi connectivity index (χ1v) is 3.65. The molecule has 13 heavy (non-hydrogen) atoms. The second-order valence-electron chi connectivity index (χ2n) is 2.09. The molecule has 0 bridgehead atoms. The first-order valence-electron chi connectivity index (χ1n) is 3.27. The molecule has 1 rings (SSSR count). The van der Waals surface area contributed by atoms with Gasteiger partial charge < -0.3 is 14.6 Å². The van der Waals surface area contributed by atoms with Crippen molar-refractivity contribution in [3.05, 3.63) is 29.3 Å². The van der Waals surface area contributed by atoms with E-state index in [2.05, 4.69) is 0 Å². The molecule has 0 unspecified atom stereocenters. The third-order valence-electron chi connectivity index (χ3n) is 1.18. The fourth-order valence-corrected chi connectivity index (χ4v) is 0.889. The number of benzene rings is 1. The smallest absolute Gasteiger partial charge is 0.546 e. The molecule has 0 aliphatic carbocycles. The number of rotatable bonds is 3. The van der Waals surface area contributed by atoms with Crippen LogP contribution in [0.4, 0.5) is 0 Å². The van der Waals surface area contributed by atoms with Gasteiger partial charge in [-0.2, -0.15) is 0 Å². The van der Waals surface area contributed by atoms with E-state index in [1.165, 1.54) is 0 Å². The van der Waals surface area contributed by atoms with Gasteiger partial charge in [-0.15, -0.1) is 0 Å². The zero-order valence-electron chi connectivity index (χ0n) is 7.12. The number of carbonyl (C=O) groups excluding carboxylic acids is 1. The van der Waals surface area contributed by atoms with Gasteiger partial charge in [-0.25, -0.2) is 0 Å². The van der Waals surface area contributed by atoms with Gasteiger partial charge in [0.05, 0.1) is 11.0 Å². The van der Waals surface area contributed by atoms with Gasteiger partial charge in [0, 0.05) is 0 Å². The molecule has 0 N–H and O–H groups in total. The monoisotopic (exact) mass is 224 g/mol. The molecule has 5 heteroatoms. The number of carbonyl (C=O) groups is 1. The van der Waals surface area contributed by atoms with Crippen LogP contribution >= 0.6 is 11.6 Å². The standard InChI is InChI=1S/C8H7ClO3.K/c9-6-3-1-2-4-7(6)12-5-8(10)11;/h1-4H,5H2,(H,10,11);/q;+1/p-1. The van der Waals surface area contributed by atoms with E-state index in [4.69, 9.17) is 16.3 Å². The van der Waals surface area contributed by atoms with Gasteiger partial charge in [-0.05, 0) is 12.1 Å². The van der Waals surface area contributed by atoms with Crippen LogP contribution in [0, 0.1) is 0 Å². The van der Waals surface area contributed by atoms with Crippen molar-refractivity contribution in [2.24, 2.45) is 0 Å². The summed E-state index contributed by atoms with van der Waals surface area (Å²) in [5.41, 5.74) is 0. The van der Waals surface area contributed by atoms with Gasteiger partial charge >= 0.3 is 51.4 Å². The Bertz CT molecular complexity index is 290. The average molecular weight is 225 g/mol. The summed E-state index contributed by atoms with van der Waals surface area (Å²) in [4.78, 5) is 10.0. The van der Waals surface area contributed by atoms with E-state index in [1.807, 2.05) is 0 Å². The number of para-hydroxylation sites is 1. The second kappa shape index (κ2) is 6.81. The predicted octanol–water partition coefficient (Wildman–Crippen LogP) is -2.53. The molecular weight excluding hydrogens is 219 g/mol. The molecule has 0 aromatic heterocycles. The average Bonchev–Trinajstić information content (AvgIpc) is 2.03. The summed E-state index contributed by atoms with van der Waals surface area (Å²) in [6, 6.07) is 6.64. The van der Waals surface area contributed by atoms with Crippen molar-refractivity contribution in [1.29, 1.82) is 0 Å². The van der Waals surface area contributed by atoms with Gasteiger partial charge in [-0.1, -0.05) is 23.7 Å². The Morgan fingerprint density at radius 3 is 2.62 bits per heavy atom. The summed E-state index contributed by atoms with van der Waals surface area (Å²) >= 11 is 5.67. The Morgan fingerprint density at radius 1 is 1.46 bits per heavy atom.